The largest absolute Gasteiger partial charge is 0.391 e. The number of nitrogens with zero attached hydrogens (tertiary/aromatic N) is 3. The van der Waals surface area contributed by atoms with Gasteiger partial charge < -0.3 is 15.2 Å². The zero-order chi connectivity index (χ0) is 22.0. The van der Waals surface area contributed by atoms with Crippen LogP contribution in [0, 0.1) is 11.7 Å². The lowest BCUT2D eigenvalue weighted by molar-refractivity contribution is -0.117. The minimum Gasteiger partial charge on any atom is -0.391 e. The summed E-state index contributed by atoms with van der Waals surface area (Å²) < 4.78 is 22.7. The van der Waals surface area contributed by atoms with Crippen LogP contribution in [-0.4, -0.2) is 43.5 Å². The number of aliphatic hydroxyl groups is 1. The van der Waals surface area contributed by atoms with Gasteiger partial charge in [0.1, 0.15) is 5.82 Å². The summed E-state index contributed by atoms with van der Waals surface area (Å²) in [6.45, 7) is 0.149. The van der Waals surface area contributed by atoms with E-state index >= 15 is 4.39 Å². The molecule has 1 amide bonds. The first-order chi connectivity index (χ1) is 15.5. The molecule has 2 fully saturated rings. The lowest BCUT2D eigenvalue weighted by Crippen LogP contribution is -2.13. The van der Waals surface area contributed by atoms with Crippen molar-refractivity contribution >= 4 is 39.7 Å². The molecule has 2 atom stereocenters. The average Bonchev–Trinajstić information content (AvgIpc) is 3.16. The number of hydrogen-bond donors (Lipinski definition) is 3. The van der Waals surface area contributed by atoms with Gasteiger partial charge in [0.2, 0.25) is 5.91 Å². The first kappa shape index (κ1) is 19.7. The minimum atomic E-state index is -0.644. The number of benzene rings is 1. The molecule has 4 aromatic rings. The highest BCUT2D eigenvalue weighted by atomic mass is 35.5. The van der Waals surface area contributed by atoms with E-state index in [0.717, 1.165) is 18.4 Å². The number of aliphatic hydroxyl groups excluding tert-OH is 1. The number of carbonyl (C=O) groups is 1. The van der Waals surface area contributed by atoms with Gasteiger partial charge in [-0.3, -0.25) is 9.89 Å². The number of anilines is 1. The van der Waals surface area contributed by atoms with Gasteiger partial charge in [0.05, 0.1) is 41.1 Å². The molecule has 8 nitrogen and oxygen atoms in total. The van der Waals surface area contributed by atoms with Gasteiger partial charge in [0.15, 0.2) is 5.82 Å². The molecule has 0 spiro atoms. The monoisotopic (exact) mass is 455 g/mol. The van der Waals surface area contributed by atoms with E-state index in [1.54, 1.807) is 29.0 Å². The lowest BCUT2D eigenvalue weighted by Gasteiger charge is -2.16. The highest BCUT2D eigenvalue weighted by molar-refractivity contribution is 6.35. The van der Waals surface area contributed by atoms with Crippen LogP contribution in [-0.2, 0) is 9.53 Å². The lowest BCUT2D eigenvalue weighted by atomic mass is 9.95. The van der Waals surface area contributed by atoms with E-state index in [0.29, 0.717) is 27.8 Å². The summed E-state index contributed by atoms with van der Waals surface area (Å²) in [5, 5.41) is 24.6. The van der Waals surface area contributed by atoms with Gasteiger partial charge in [-0.2, -0.15) is 10.2 Å². The molecule has 3 N–H and O–H groups in total. The van der Waals surface area contributed by atoms with Crippen LogP contribution in [0.3, 0.4) is 0 Å². The number of hydrogen-bond acceptors (Lipinski definition) is 5. The summed E-state index contributed by atoms with van der Waals surface area (Å²) in [5.74, 6) is -0.0657. The Morgan fingerprint density at radius 2 is 2.22 bits per heavy atom. The number of nitrogens with one attached hydrogen (secondary N) is 2. The Hall–Kier alpha value is -3.01. The summed E-state index contributed by atoms with van der Waals surface area (Å²) in [7, 11) is 0. The van der Waals surface area contributed by atoms with Crippen molar-refractivity contribution < 1.29 is 19.0 Å². The van der Waals surface area contributed by atoms with Gasteiger partial charge >= 0.3 is 0 Å². The smallest absolute Gasteiger partial charge is 0.228 e. The molecular formula is C22H19ClFN5O3. The normalized spacial score (nSPS) is 21.0. The fourth-order valence-electron chi connectivity index (χ4n) is 4.32. The summed E-state index contributed by atoms with van der Waals surface area (Å²) in [4.78, 5) is 12.0. The highest BCUT2D eigenvalue weighted by Crippen LogP contribution is 2.44. The molecule has 6 rings (SSSR count). The molecule has 2 aliphatic rings. The zero-order valence-electron chi connectivity index (χ0n) is 16.8. The highest BCUT2D eigenvalue weighted by Gasteiger charge is 2.33. The van der Waals surface area contributed by atoms with Gasteiger partial charge in [0.25, 0.3) is 0 Å². The molecule has 3 aromatic heterocycles. The number of H-pyrrole nitrogens is 1. The van der Waals surface area contributed by atoms with E-state index in [4.69, 9.17) is 16.3 Å². The van der Waals surface area contributed by atoms with E-state index in [2.05, 4.69) is 20.6 Å². The Morgan fingerprint density at radius 3 is 2.97 bits per heavy atom. The molecule has 1 aliphatic heterocycles. The van der Waals surface area contributed by atoms with Gasteiger partial charge in [-0.15, -0.1) is 0 Å². The Bertz CT molecular complexity index is 1380. The number of rotatable bonds is 4. The topological polar surface area (TPSA) is 105 Å². The quantitative estimate of drug-likeness (QED) is 0.433. The molecule has 1 aliphatic carbocycles. The third-order valence-electron chi connectivity index (χ3n) is 6.08. The molecule has 1 aromatic carbocycles. The van der Waals surface area contributed by atoms with E-state index in [9.17, 15) is 9.90 Å². The maximum atomic E-state index is 15.5. The Kier molecular flexibility index (Phi) is 4.46. The fourth-order valence-corrected chi connectivity index (χ4v) is 4.63. The summed E-state index contributed by atoms with van der Waals surface area (Å²) in [6, 6.07) is 5.39. The second kappa shape index (κ2) is 7.26. The molecule has 10 heteroatoms. The summed E-state index contributed by atoms with van der Waals surface area (Å²) >= 11 is 6.54. The van der Waals surface area contributed by atoms with Crippen LogP contribution in [0.15, 0.2) is 30.6 Å². The molecule has 32 heavy (non-hydrogen) atoms. The predicted molar refractivity (Wildman–Crippen MR) is 116 cm³/mol. The fraction of sp³-hybridized carbons (Fsp3) is 0.318. The molecule has 0 radical (unpaired) electrons. The molecule has 0 bridgehead atoms. The first-order valence-electron chi connectivity index (χ1n) is 10.4. The van der Waals surface area contributed by atoms with Gasteiger partial charge in [-0.1, -0.05) is 11.6 Å². The number of carbonyl (C=O) groups excluding carboxylic acids is 1. The van der Waals surface area contributed by atoms with Crippen LogP contribution in [0.4, 0.5) is 10.2 Å². The van der Waals surface area contributed by atoms with Gasteiger partial charge in [-0.05, 0) is 30.5 Å². The van der Waals surface area contributed by atoms with Crippen molar-refractivity contribution in [2.24, 2.45) is 5.92 Å². The minimum absolute atomic E-state index is 0.0197. The SMILES string of the molecule is O=C(Nc1cc2cc(-c3c(Cl)c(F)c(C4CC(O)CO4)c4[nH]ncc34)ccn2n1)C1CC1. The van der Waals surface area contributed by atoms with Gasteiger partial charge in [-0.25, -0.2) is 8.91 Å². The maximum absolute atomic E-state index is 15.5. The van der Waals surface area contributed by atoms with Crippen molar-refractivity contribution in [1.29, 1.82) is 0 Å². The third-order valence-corrected chi connectivity index (χ3v) is 6.43. The van der Waals surface area contributed by atoms with E-state index in [1.165, 1.54) is 0 Å². The molecule has 164 valence electrons. The standard InChI is InChI=1S/C22H19ClFN5O3/c23-19-17(14-8-25-27-21(14)18(20(19)24)15-7-13(30)9-32-15)11-3-4-29-12(5-11)6-16(28-29)26-22(31)10-1-2-10/h3-6,8,10,13,15,30H,1-2,7,9H2,(H,25,27)(H,26,28,31). The number of fused-ring (bicyclic) bond motifs is 2. The van der Waals surface area contributed by atoms with E-state index in [1.807, 2.05) is 6.07 Å². The number of aromatic nitrogens is 4. The number of amides is 1. The number of aromatic amines is 1. The van der Waals surface area contributed by atoms with Crippen LogP contribution in [0.25, 0.3) is 27.5 Å². The number of ether oxygens (including phenoxy) is 1. The van der Waals surface area contributed by atoms with Crippen molar-refractivity contribution in [2.45, 2.75) is 31.5 Å². The van der Waals surface area contributed by atoms with Crippen LogP contribution in [0.2, 0.25) is 5.02 Å². The molecule has 2 unspecified atom stereocenters. The number of pyridine rings is 1. The predicted octanol–water partition coefficient (Wildman–Crippen LogP) is 3.84. The molecular weight excluding hydrogens is 437 g/mol. The Morgan fingerprint density at radius 1 is 1.38 bits per heavy atom. The third kappa shape index (κ3) is 3.16. The molecule has 4 heterocycles. The van der Waals surface area contributed by atoms with E-state index in [-0.39, 0.29) is 35.4 Å². The van der Waals surface area contributed by atoms with Crippen LogP contribution >= 0.6 is 11.6 Å². The molecule has 1 saturated carbocycles. The summed E-state index contributed by atoms with van der Waals surface area (Å²) in [6.07, 6.45) is 4.21. The average molecular weight is 456 g/mol. The summed E-state index contributed by atoms with van der Waals surface area (Å²) in [5.41, 5.74) is 2.69. The van der Waals surface area contributed by atoms with Crippen LogP contribution in [0.1, 0.15) is 30.9 Å². The number of halogens is 2. The first-order valence-corrected chi connectivity index (χ1v) is 10.8. The Balaban J connectivity index is 1.44. The van der Waals surface area contributed by atoms with Crippen LogP contribution in [0.5, 0.6) is 0 Å². The van der Waals surface area contributed by atoms with Gasteiger partial charge in [0, 0.05) is 41.1 Å². The second-order valence-electron chi connectivity index (χ2n) is 8.36. The maximum Gasteiger partial charge on any atom is 0.228 e. The van der Waals surface area contributed by atoms with Crippen molar-refractivity contribution in [3.05, 3.63) is 47.0 Å². The van der Waals surface area contributed by atoms with Crippen LogP contribution < -0.4 is 5.32 Å². The molecule has 1 saturated heterocycles. The van der Waals surface area contributed by atoms with Crippen molar-refractivity contribution in [3.8, 4) is 11.1 Å². The van der Waals surface area contributed by atoms with Crippen molar-refractivity contribution in [3.63, 3.8) is 0 Å². The van der Waals surface area contributed by atoms with E-state index < -0.39 is 18.0 Å². The zero-order valence-corrected chi connectivity index (χ0v) is 17.6. The van der Waals surface area contributed by atoms with Crippen molar-refractivity contribution in [1.82, 2.24) is 19.8 Å². The second-order valence-corrected chi connectivity index (χ2v) is 8.74. The Labute approximate surface area is 186 Å². The van der Waals surface area contributed by atoms with Crippen molar-refractivity contribution in [2.75, 3.05) is 11.9 Å².